The molecule has 0 aliphatic heterocycles. The van der Waals surface area contributed by atoms with Crippen molar-refractivity contribution in [1.82, 2.24) is 10.2 Å². The predicted octanol–water partition coefficient (Wildman–Crippen LogP) is 4.13. The van der Waals surface area contributed by atoms with Crippen molar-refractivity contribution in [3.63, 3.8) is 0 Å². The van der Waals surface area contributed by atoms with E-state index in [1.54, 1.807) is 18.2 Å². The lowest BCUT2D eigenvalue weighted by Crippen LogP contribution is -1.84. The summed E-state index contributed by atoms with van der Waals surface area (Å²) >= 11 is 3.39. The molecule has 0 amide bonds. The Morgan fingerprint density at radius 1 is 1.12 bits per heavy atom. The van der Waals surface area contributed by atoms with Crippen LogP contribution in [0, 0.1) is 5.82 Å². The van der Waals surface area contributed by atoms with Crippen LogP contribution in [0.4, 0.5) is 4.39 Å². The maximum atomic E-state index is 13.7. The van der Waals surface area contributed by atoms with Gasteiger partial charge in [0.15, 0.2) is 0 Å². The summed E-state index contributed by atoms with van der Waals surface area (Å²) in [5, 5.41) is 8.00. The van der Waals surface area contributed by atoms with Gasteiger partial charge in [-0.1, -0.05) is 28.1 Å². The number of rotatable bonds is 1. The van der Waals surface area contributed by atoms with Gasteiger partial charge in [0, 0.05) is 15.4 Å². The molecule has 2 nitrogen and oxygen atoms in total. The molecule has 17 heavy (non-hydrogen) atoms. The normalized spacial score (nSPS) is 10.9. The molecule has 3 aromatic rings. The average molecular weight is 291 g/mol. The molecule has 1 heterocycles. The van der Waals surface area contributed by atoms with E-state index < -0.39 is 0 Å². The van der Waals surface area contributed by atoms with Crippen molar-refractivity contribution in [1.29, 1.82) is 0 Å². The zero-order valence-electron chi connectivity index (χ0n) is 8.74. The first-order valence-electron chi connectivity index (χ1n) is 5.14. The van der Waals surface area contributed by atoms with Crippen LogP contribution in [-0.4, -0.2) is 10.2 Å². The van der Waals surface area contributed by atoms with Crippen LogP contribution in [0.2, 0.25) is 0 Å². The van der Waals surface area contributed by atoms with Gasteiger partial charge < -0.3 is 0 Å². The average Bonchev–Trinajstić information content (AvgIpc) is 2.72. The Bertz CT molecular complexity index is 691. The highest BCUT2D eigenvalue weighted by Crippen LogP contribution is 2.29. The summed E-state index contributed by atoms with van der Waals surface area (Å²) in [6.45, 7) is 0. The third kappa shape index (κ3) is 1.74. The molecule has 0 atom stereocenters. The summed E-state index contributed by atoms with van der Waals surface area (Å²) in [5.41, 5.74) is 2.05. The van der Waals surface area contributed by atoms with E-state index >= 15 is 0 Å². The lowest BCUT2D eigenvalue weighted by atomic mass is 10.1. The number of nitrogens with one attached hydrogen (secondary N) is 1. The second-order valence-corrected chi connectivity index (χ2v) is 4.66. The third-order valence-electron chi connectivity index (χ3n) is 2.65. The summed E-state index contributed by atoms with van der Waals surface area (Å²) in [5.74, 6) is -0.260. The highest BCUT2D eigenvalue weighted by atomic mass is 79.9. The summed E-state index contributed by atoms with van der Waals surface area (Å²) in [4.78, 5) is 0. The van der Waals surface area contributed by atoms with E-state index in [-0.39, 0.29) is 5.82 Å². The van der Waals surface area contributed by atoms with Crippen LogP contribution in [0.3, 0.4) is 0 Å². The lowest BCUT2D eigenvalue weighted by molar-refractivity contribution is 0.631. The van der Waals surface area contributed by atoms with Crippen molar-refractivity contribution < 1.29 is 4.39 Å². The molecule has 1 N–H and O–H groups in total. The molecule has 1 aromatic heterocycles. The molecule has 2 aromatic carbocycles. The predicted molar refractivity (Wildman–Crippen MR) is 69.2 cm³/mol. The van der Waals surface area contributed by atoms with Crippen molar-refractivity contribution in [3.8, 4) is 11.3 Å². The van der Waals surface area contributed by atoms with Crippen molar-refractivity contribution in [2.75, 3.05) is 0 Å². The first-order chi connectivity index (χ1) is 8.25. The van der Waals surface area contributed by atoms with Crippen LogP contribution >= 0.6 is 15.9 Å². The molecular weight excluding hydrogens is 283 g/mol. The fraction of sp³-hybridized carbons (Fsp3) is 0. The first kappa shape index (κ1) is 10.5. The van der Waals surface area contributed by atoms with Crippen molar-refractivity contribution in [2.45, 2.75) is 0 Å². The summed E-state index contributed by atoms with van der Waals surface area (Å²) in [6, 6.07) is 12.4. The van der Waals surface area contributed by atoms with E-state index in [2.05, 4.69) is 26.1 Å². The van der Waals surface area contributed by atoms with Gasteiger partial charge >= 0.3 is 0 Å². The Morgan fingerprint density at radius 3 is 2.76 bits per heavy atom. The molecule has 0 saturated carbocycles. The zero-order chi connectivity index (χ0) is 11.8. The van der Waals surface area contributed by atoms with E-state index in [1.165, 1.54) is 6.07 Å². The van der Waals surface area contributed by atoms with Crippen LogP contribution in [-0.2, 0) is 0 Å². The molecule has 0 bridgehead atoms. The number of aromatic nitrogens is 2. The van der Waals surface area contributed by atoms with Gasteiger partial charge in [0.1, 0.15) is 11.5 Å². The molecule has 0 spiro atoms. The van der Waals surface area contributed by atoms with Gasteiger partial charge in [-0.3, -0.25) is 5.10 Å². The SMILES string of the molecule is Fc1ccccc1-c1n[nH]c2cc(Br)ccc12. The summed E-state index contributed by atoms with van der Waals surface area (Å²) < 4.78 is 14.7. The maximum Gasteiger partial charge on any atom is 0.132 e. The minimum atomic E-state index is -0.260. The second kappa shape index (κ2) is 3.96. The number of halogens is 2. The fourth-order valence-corrected chi connectivity index (χ4v) is 2.21. The van der Waals surface area contributed by atoms with Gasteiger partial charge in [0.25, 0.3) is 0 Å². The molecule has 0 aliphatic rings. The molecule has 0 radical (unpaired) electrons. The Hall–Kier alpha value is -1.68. The molecule has 0 unspecified atom stereocenters. The number of hydrogen-bond donors (Lipinski definition) is 1. The smallest absolute Gasteiger partial charge is 0.132 e. The van der Waals surface area contributed by atoms with E-state index in [4.69, 9.17) is 0 Å². The van der Waals surface area contributed by atoms with Crippen LogP contribution in [0.15, 0.2) is 46.9 Å². The molecule has 0 saturated heterocycles. The maximum absolute atomic E-state index is 13.7. The third-order valence-corrected chi connectivity index (χ3v) is 3.15. The Balaban J connectivity index is 2.29. The Morgan fingerprint density at radius 2 is 1.94 bits per heavy atom. The van der Waals surface area contributed by atoms with E-state index in [9.17, 15) is 4.39 Å². The van der Waals surface area contributed by atoms with Gasteiger partial charge in [0.2, 0.25) is 0 Å². The van der Waals surface area contributed by atoms with E-state index in [0.29, 0.717) is 11.3 Å². The highest BCUT2D eigenvalue weighted by Gasteiger charge is 2.11. The molecule has 4 heteroatoms. The molecule has 84 valence electrons. The zero-order valence-corrected chi connectivity index (χ0v) is 10.3. The topological polar surface area (TPSA) is 28.7 Å². The summed E-state index contributed by atoms with van der Waals surface area (Å²) in [6.07, 6.45) is 0. The van der Waals surface area contributed by atoms with Crippen LogP contribution in [0.25, 0.3) is 22.2 Å². The van der Waals surface area contributed by atoms with Crippen molar-refractivity contribution >= 4 is 26.8 Å². The Kier molecular flexibility index (Phi) is 2.44. The van der Waals surface area contributed by atoms with Gasteiger partial charge in [-0.2, -0.15) is 5.10 Å². The van der Waals surface area contributed by atoms with Gasteiger partial charge in [-0.25, -0.2) is 4.39 Å². The molecule has 3 rings (SSSR count). The lowest BCUT2D eigenvalue weighted by Gasteiger charge is -1.99. The Labute approximate surface area is 106 Å². The quantitative estimate of drug-likeness (QED) is 0.717. The minimum absolute atomic E-state index is 0.260. The van der Waals surface area contributed by atoms with Crippen molar-refractivity contribution in [3.05, 3.63) is 52.8 Å². The van der Waals surface area contributed by atoms with E-state index in [1.807, 2.05) is 18.2 Å². The number of fused-ring (bicyclic) bond motifs is 1. The molecule has 0 fully saturated rings. The summed E-state index contributed by atoms with van der Waals surface area (Å²) in [7, 11) is 0. The van der Waals surface area contributed by atoms with E-state index in [0.717, 1.165) is 15.4 Å². The fourth-order valence-electron chi connectivity index (χ4n) is 1.85. The molecular formula is C13H8BrFN2. The highest BCUT2D eigenvalue weighted by molar-refractivity contribution is 9.10. The van der Waals surface area contributed by atoms with Gasteiger partial charge in [0.05, 0.1) is 5.52 Å². The van der Waals surface area contributed by atoms with Crippen LogP contribution in [0.1, 0.15) is 0 Å². The minimum Gasteiger partial charge on any atom is -0.277 e. The van der Waals surface area contributed by atoms with Gasteiger partial charge in [-0.05, 0) is 30.3 Å². The number of H-pyrrole nitrogens is 1. The largest absolute Gasteiger partial charge is 0.277 e. The van der Waals surface area contributed by atoms with Crippen LogP contribution < -0.4 is 0 Å². The standard InChI is InChI=1S/C13H8BrFN2/c14-8-5-6-10-12(7-8)16-17-13(10)9-3-1-2-4-11(9)15/h1-7H,(H,16,17). The monoisotopic (exact) mass is 290 g/mol. The second-order valence-electron chi connectivity index (χ2n) is 3.74. The number of hydrogen-bond acceptors (Lipinski definition) is 1. The van der Waals surface area contributed by atoms with Gasteiger partial charge in [-0.15, -0.1) is 0 Å². The van der Waals surface area contributed by atoms with Crippen molar-refractivity contribution in [2.24, 2.45) is 0 Å². The molecule has 0 aliphatic carbocycles. The first-order valence-corrected chi connectivity index (χ1v) is 5.93. The van der Waals surface area contributed by atoms with Crippen LogP contribution in [0.5, 0.6) is 0 Å². The number of benzene rings is 2. The number of nitrogens with zero attached hydrogens (tertiary/aromatic N) is 1. The number of aromatic amines is 1.